The normalized spacial score (nSPS) is 11.1. The molecule has 5 rings (SSSR count). The molecule has 7 heteroatoms. The molecule has 0 unspecified atom stereocenters. The molecular weight excluding hydrogens is 619 g/mol. The maximum atomic E-state index is 8.91. The molecule has 0 spiro atoms. The molecule has 0 bridgehead atoms. The molecule has 50 heavy (non-hydrogen) atoms. The zero-order chi connectivity index (χ0) is 34.5. The second kappa shape index (κ2) is 21.6. The fourth-order valence-corrected chi connectivity index (χ4v) is 6.24. The Kier molecular flexibility index (Phi) is 15.9. The zero-order valence-electron chi connectivity index (χ0n) is 29.7. The molecule has 0 saturated carbocycles. The van der Waals surface area contributed by atoms with E-state index < -0.39 is 0 Å². The molecule has 0 amide bonds. The molecule has 0 radical (unpaired) electrons. The van der Waals surface area contributed by atoms with E-state index in [0.29, 0.717) is 13.2 Å². The summed E-state index contributed by atoms with van der Waals surface area (Å²) in [6.07, 6.45) is 29.4. The van der Waals surface area contributed by atoms with E-state index in [1.165, 1.54) is 75.3 Å². The van der Waals surface area contributed by atoms with Gasteiger partial charge in [0.25, 0.3) is 0 Å². The highest BCUT2D eigenvalue weighted by Crippen LogP contribution is 2.27. The summed E-state index contributed by atoms with van der Waals surface area (Å²) in [5.74, 6) is 0.815. The predicted molar refractivity (Wildman–Crippen MR) is 200 cm³/mol. The van der Waals surface area contributed by atoms with Crippen LogP contribution in [0.1, 0.15) is 89.9 Å². The van der Waals surface area contributed by atoms with Crippen molar-refractivity contribution >= 4 is 0 Å². The first kappa shape index (κ1) is 36.8. The monoisotopic (exact) mass is 673 g/mol. The molecule has 0 atom stereocenters. The van der Waals surface area contributed by atoms with E-state index in [9.17, 15) is 0 Å². The SMILES string of the molecule is OCCCCCC[n+]1ccc(-c2cc[n+](CCCCCCCCCCCCOc3cc(-c4ccccn4)nc(-c4ccccn4)c3)cc2)cc1. The molecule has 0 aromatic carbocycles. The Bertz CT molecular complexity index is 1570. The van der Waals surface area contributed by atoms with Gasteiger partial charge in [0.2, 0.25) is 0 Å². The molecule has 0 aliphatic carbocycles. The van der Waals surface area contributed by atoms with E-state index in [0.717, 1.165) is 67.3 Å². The molecule has 0 saturated heterocycles. The van der Waals surface area contributed by atoms with Crippen LogP contribution in [0.25, 0.3) is 33.9 Å². The van der Waals surface area contributed by atoms with Crippen molar-refractivity contribution in [1.82, 2.24) is 15.0 Å². The van der Waals surface area contributed by atoms with Crippen molar-refractivity contribution in [1.29, 1.82) is 0 Å². The summed E-state index contributed by atoms with van der Waals surface area (Å²) in [5.41, 5.74) is 5.78. The minimum atomic E-state index is 0.305. The number of hydrogen-bond acceptors (Lipinski definition) is 5. The molecule has 1 N–H and O–H groups in total. The number of aliphatic hydroxyl groups is 1. The number of aromatic nitrogens is 5. The van der Waals surface area contributed by atoms with Crippen LogP contribution < -0.4 is 13.9 Å². The van der Waals surface area contributed by atoms with E-state index in [1.807, 2.05) is 48.5 Å². The van der Waals surface area contributed by atoms with Gasteiger partial charge in [-0.1, -0.05) is 63.5 Å². The number of aryl methyl sites for hydroxylation is 2. The summed E-state index contributed by atoms with van der Waals surface area (Å²) in [6.45, 7) is 3.13. The standard InChI is InChI=1S/C43H55N5O2/c49-33-17-9-8-16-28-48-31-23-38(24-32-48)37-21-29-47(30-22-37)27-15-7-5-3-1-2-4-6-10-18-34-50-39-35-42(40-19-11-13-25-44-40)46-43(36-39)41-20-12-14-26-45-41/h11-14,19-26,29-32,35-36,49H,1-10,15-18,27-28,33-34H2/q+2. The number of nitrogens with zero attached hydrogens (tertiary/aromatic N) is 5. The van der Waals surface area contributed by atoms with Gasteiger partial charge in [-0.15, -0.1) is 0 Å². The average molecular weight is 674 g/mol. The van der Waals surface area contributed by atoms with Gasteiger partial charge in [0, 0.05) is 68.2 Å². The second-order valence-electron chi connectivity index (χ2n) is 13.2. The van der Waals surface area contributed by atoms with Gasteiger partial charge in [0.1, 0.15) is 18.8 Å². The number of aliphatic hydroxyl groups excluding tert-OH is 1. The Morgan fingerprint density at radius 3 is 1.36 bits per heavy atom. The quantitative estimate of drug-likeness (QED) is 0.0554. The number of ether oxygens (including phenoxy) is 1. The van der Waals surface area contributed by atoms with E-state index in [-0.39, 0.29) is 0 Å². The van der Waals surface area contributed by atoms with Gasteiger partial charge in [-0.25, -0.2) is 14.1 Å². The Morgan fingerprint density at radius 2 is 0.920 bits per heavy atom. The fourth-order valence-electron chi connectivity index (χ4n) is 6.24. The lowest BCUT2D eigenvalue weighted by Gasteiger charge is -2.10. The Morgan fingerprint density at radius 1 is 0.480 bits per heavy atom. The van der Waals surface area contributed by atoms with E-state index in [1.54, 1.807) is 12.4 Å². The van der Waals surface area contributed by atoms with Crippen LogP contribution in [-0.2, 0) is 13.1 Å². The molecule has 262 valence electrons. The lowest BCUT2D eigenvalue weighted by atomic mass is 10.1. The van der Waals surface area contributed by atoms with Crippen LogP contribution in [0, 0.1) is 0 Å². The summed E-state index contributed by atoms with van der Waals surface area (Å²) in [7, 11) is 0. The maximum Gasteiger partial charge on any atom is 0.169 e. The van der Waals surface area contributed by atoms with Crippen molar-refractivity contribution in [3.05, 3.63) is 110 Å². The van der Waals surface area contributed by atoms with Crippen molar-refractivity contribution < 1.29 is 19.0 Å². The van der Waals surface area contributed by atoms with Crippen molar-refractivity contribution in [3.63, 3.8) is 0 Å². The number of hydrogen-bond donors (Lipinski definition) is 1. The van der Waals surface area contributed by atoms with Gasteiger partial charge >= 0.3 is 0 Å². The molecular formula is C43H55N5O2+2. The molecule has 5 aromatic rings. The van der Waals surface area contributed by atoms with Gasteiger partial charge < -0.3 is 9.84 Å². The third-order valence-electron chi connectivity index (χ3n) is 9.17. The van der Waals surface area contributed by atoms with E-state index in [4.69, 9.17) is 14.8 Å². The van der Waals surface area contributed by atoms with Crippen LogP contribution in [0.15, 0.2) is 110 Å². The van der Waals surface area contributed by atoms with Gasteiger partial charge in [-0.05, 0) is 61.1 Å². The Labute approximate surface area is 299 Å². The largest absolute Gasteiger partial charge is 0.493 e. The molecule has 0 fully saturated rings. The molecule has 7 nitrogen and oxygen atoms in total. The van der Waals surface area contributed by atoms with Gasteiger partial charge in [0.05, 0.1) is 29.4 Å². The van der Waals surface area contributed by atoms with Crippen LogP contribution in [0.5, 0.6) is 5.75 Å². The molecule has 5 heterocycles. The second-order valence-corrected chi connectivity index (χ2v) is 13.2. The fraction of sp³-hybridized carbons (Fsp3) is 0.419. The number of pyridine rings is 5. The summed E-state index contributed by atoms with van der Waals surface area (Å²) in [6, 6.07) is 24.6. The maximum absolute atomic E-state index is 8.91. The number of rotatable bonds is 23. The third-order valence-corrected chi connectivity index (χ3v) is 9.17. The lowest BCUT2D eigenvalue weighted by molar-refractivity contribution is -0.697. The highest BCUT2D eigenvalue weighted by Gasteiger charge is 2.10. The van der Waals surface area contributed by atoms with Crippen LogP contribution in [0.3, 0.4) is 0 Å². The van der Waals surface area contributed by atoms with Crippen LogP contribution >= 0.6 is 0 Å². The van der Waals surface area contributed by atoms with Crippen LogP contribution in [0.4, 0.5) is 0 Å². The van der Waals surface area contributed by atoms with Crippen molar-refractivity contribution in [2.45, 2.75) is 103 Å². The lowest BCUT2D eigenvalue weighted by Crippen LogP contribution is -2.33. The molecule has 5 aromatic heterocycles. The smallest absolute Gasteiger partial charge is 0.169 e. The van der Waals surface area contributed by atoms with Crippen molar-refractivity contribution in [2.75, 3.05) is 13.2 Å². The van der Waals surface area contributed by atoms with Crippen molar-refractivity contribution in [3.8, 4) is 39.7 Å². The summed E-state index contributed by atoms with van der Waals surface area (Å²) >= 11 is 0. The summed E-state index contributed by atoms with van der Waals surface area (Å²) in [5, 5.41) is 8.91. The van der Waals surface area contributed by atoms with E-state index >= 15 is 0 Å². The minimum absolute atomic E-state index is 0.305. The first-order valence-corrected chi connectivity index (χ1v) is 18.9. The molecule has 0 aliphatic rings. The topological polar surface area (TPSA) is 75.9 Å². The summed E-state index contributed by atoms with van der Waals surface area (Å²) in [4.78, 5) is 13.8. The highest BCUT2D eigenvalue weighted by atomic mass is 16.5. The third kappa shape index (κ3) is 12.8. The first-order valence-electron chi connectivity index (χ1n) is 18.9. The number of unbranched alkanes of at least 4 members (excludes halogenated alkanes) is 12. The van der Waals surface area contributed by atoms with Crippen LogP contribution in [0.2, 0.25) is 0 Å². The first-order chi connectivity index (χ1) is 24.8. The zero-order valence-corrected chi connectivity index (χ0v) is 29.7. The van der Waals surface area contributed by atoms with Crippen molar-refractivity contribution in [2.24, 2.45) is 0 Å². The summed E-state index contributed by atoms with van der Waals surface area (Å²) < 4.78 is 10.8. The van der Waals surface area contributed by atoms with E-state index in [2.05, 4.69) is 68.2 Å². The van der Waals surface area contributed by atoms with Gasteiger partial charge in [0.15, 0.2) is 24.8 Å². The molecule has 0 aliphatic heterocycles. The Balaban J connectivity index is 0.895. The van der Waals surface area contributed by atoms with Crippen LogP contribution in [-0.4, -0.2) is 33.3 Å². The van der Waals surface area contributed by atoms with Gasteiger partial charge in [-0.2, -0.15) is 0 Å². The highest BCUT2D eigenvalue weighted by molar-refractivity contribution is 5.64. The average Bonchev–Trinajstić information content (AvgIpc) is 3.17. The van der Waals surface area contributed by atoms with Gasteiger partial charge in [-0.3, -0.25) is 9.97 Å². The minimum Gasteiger partial charge on any atom is -0.493 e. The Hall–Kier alpha value is -4.49. The predicted octanol–water partition coefficient (Wildman–Crippen LogP) is 8.98.